The predicted octanol–water partition coefficient (Wildman–Crippen LogP) is 3.73. The maximum absolute atomic E-state index is 5.89. The van der Waals surface area contributed by atoms with Crippen molar-refractivity contribution in [3.8, 4) is 5.75 Å². The van der Waals surface area contributed by atoms with Crippen LogP contribution in [-0.2, 0) is 13.2 Å². The number of benzene rings is 1. The summed E-state index contributed by atoms with van der Waals surface area (Å²) in [6.45, 7) is 5.33. The first-order chi connectivity index (χ1) is 13.3. The van der Waals surface area contributed by atoms with Crippen LogP contribution >= 0.6 is 0 Å². The third-order valence-electron chi connectivity index (χ3n) is 4.91. The van der Waals surface area contributed by atoms with Gasteiger partial charge < -0.3 is 9.26 Å². The smallest absolute Gasteiger partial charge is 0.223 e. The number of pyridine rings is 1. The molecule has 0 unspecified atom stereocenters. The minimum absolute atomic E-state index is 0.409. The maximum atomic E-state index is 5.89. The van der Waals surface area contributed by atoms with Crippen molar-refractivity contribution in [1.29, 1.82) is 0 Å². The van der Waals surface area contributed by atoms with E-state index in [1.54, 1.807) is 6.20 Å². The molecule has 0 spiro atoms. The van der Waals surface area contributed by atoms with E-state index in [4.69, 9.17) is 9.26 Å². The van der Waals surface area contributed by atoms with Gasteiger partial charge in [-0.05, 0) is 55.8 Å². The SMILES string of the molecule is Cc1nc(C2CCN(Cc3cccc(OCc4ccccn4)c3)CC2)no1. The first kappa shape index (κ1) is 17.7. The Labute approximate surface area is 159 Å². The van der Waals surface area contributed by atoms with Crippen molar-refractivity contribution in [2.24, 2.45) is 0 Å². The van der Waals surface area contributed by atoms with Gasteiger partial charge in [-0.15, -0.1) is 0 Å². The third kappa shape index (κ3) is 4.71. The number of hydrogen-bond acceptors (Lipinski definition) is 6. The van der Waals surface area contributed by atoms with E-state index in [2.05, 4.69) is 38.2 Å². The summed E-state index contributed by atoms with van der Waals surface area (Å²) in [5, 5.41) is 4.08. The molecule has 0 saturated carbocycles. The summed E-state index contributed by atoms with van der Waals surface area (Å²) in [4.78, 5) is 11.1. The van der Waals surface area contributed by atoms with Crippen LogP contribution in [0.25, 0.3) is 0 Å². The Hall–Kier alpha value is -2.73. The Bertz CT molecular complexity index is 857. The van der Waals surface area contributed by atoms with E-state index < -0.39 is 0 Å². The van der Waals surface area contributed by atoms with Crippen LogP contribution in [0.15, 0.2) is 53.2 Å². The average Bonchev–Trinajstić information content (AvgIpc) is 3.14. The van der Waals surface area contributed by atoms with Gasteiger partial charge in [0.2, 0.25) is 5.89 Å². The Morgan fingerprint density at radius 3 is 2.78 bits per heavy atom. The summed E-state index contributed by atoms with van der Waals surface area (Å²) in [6.07, 6.45) is 3.91. The molecule has 0 amide bonds. The quantitative estimate of drug-likeness (QED) is 0.664. The van der Waals surface area contributed by atoms with Crippen LogP contribution < -0.4 is 4.74 Å². The van der Waals surface area contributed by atoms with Crippen LogP contribution in [0, 0.1) is 6.92 Å². The molecule has 0 aliphatic carbocycles. The zero-order valence-electron chi connectivity index (χ0n) is 15.5. The second kappa shape index (κ2) is 8.31. The second-order valence-electron chi connectivity index (χ2n) is 6.98. The second-order valence-corrected chi connectivity index (χ2v) is 6.98. The summed E-state index contributed by atoms with van der Waals surface area (Å²) in [5.41, 5.74) is 2.20. The first-order valence-corrected chi connectivity index (χ1v) is 9.40. The van der Waals surface area contributed by atoms with E-state index in [0.717, 1.165) is 49.7 Å². The molecule has 1 aliphatic rings. The minimum atomic E-state index is 0.409. The molecule has 140 valence electrons. The van der Waals surface area contributed by atoms with Gasteiger partial charge in [-0.25, -0.2) is 0 Å². The van der Waals surface area contributed by atoms with E-state index in [9.17, 15) is 0 Å². The molecule has 0 atom stereocenters. The van der Waals surface area contributed by atoms with Crippen molar-refractivity contribution in [3.05, 3.63) is 71.6 Å². The van der Waals surface area contributed by atoms with E-state index in [0.29, 0.717) is 18.4 Å². The van der Waals surface area contributed by atoms with Crippen molar-refractivity contribution in [2.75, 3.05) is 13.1 Å². The lowest BCUT2D eigenvalue weighted by atomic mass is 9.96. The average molecular weight is 364 g/mol. The lowest BCUT2D eigenvalue weighted by Gasteiger charge is -2.30. The number of aromatic nitrogens is 3. The lowest BCUT2D eigenvalue weighted by molar-refractivity contribution is 0.199. The summed E-state index contributed by atoms with van der Waals surface area (Å²) < 4.78 is 11.0. The number of nitrogens with zero attached hydrogens (tertiary/aromatic N) is 4. The molecule has 1 saturated heterocycles. The summed E-state index contributed by atoms with van der Waals surface area (Å²) >= 11 is 0. The molecule has 6 heteroatoms. The Morgan fingerprint density at radius 1 is 1.15 bits per heavy atom. The van der Waals surface area contributed by atoms with E-state index in [1.807, 2.05) is 31.2 Å². The number of piperidine rings is 1. The largest absolute Gasteiger partial charge is 0.487 e. The number of rotatable bonds is 6. The summed E-state index contributed by atoms with van der Waals surface area (Å²) in [6, 6.07) is 14.2. The highest BCUT2D eigenvalue weighted by atomic mass is 16.5. The van der Waals surface area contributed by atoms with Crippen LogP contribution in [0.2, 0.25) is 0 Å². The normalized spacial score (nSPS) is 15.7. The van der Waals surface area contributed by atoms with Gasteiger partial charge in [0.25, 0.3) is 0 Å². The molecule has 1 aliphatic heterocycles. The highest BCUT2D eigenvalue weighted by Crippen LogP contribution is 2.27. The zero-order valence-corrected chi connectivity index (χ0v) is 15.5. The summed E-state index contributed by atoms with van der Waals surface area (Å²) in [5.74, 6) is 2.80. The molecular weight excluding hydrogens is 340 g/mol. The third-order valence-corrected chi connectivity index (χ3v) is 4.91. The standard InChI is InChI=1S/C21H24N4O2/c1-16-23-21(24-27-16)18-8-11-25(12-9-18)14-17-5-4-7-20(13-17)26-15-19-6-2-3-10-22-19/h2-7,10,13,18H,8-9,11-12,14-15H2,1H3. The van der Waals surface area contributed by atoms with Crippen LogP contribution in [0.1, 0.15) is 41.7 Å². The number of hydrogen-bond donors (Lipinski definition) is 0. The van der Waals surface area contributed by atoms with Crippen LogP contribution in [0.4, 0.5) is 0 Å². The number of aryl methyl sites for hydroxylation is 1. The molecule has 1 aromatic carbocycles. The zero-order chi connectivity index (χ0) is 18.5. The Morgan fingerprint density at radius 2 is 2.04 bits per heavy atom. The number of likely N-dealkylation sites (tertiary alicyclic amines) is 1. The van der Waals surface area contributed by atoms with Gasteiger partial charge in [0.1, 0.15) is 12.4 Å². The highest BCUT2D eigenvalue weighted by molar-refractivity contribution is 5.28. The Kier molecular flexibility index (Phi) is 5.44. The fourth-order valence-electron chi connectivity index (χ4n) is 3.46. The minimum Gasteiger partial charge on any atom is -0.487 e. The van der Waals surface area contributed by atoms with Gasteiger partial charge in [-0.1, -0.05) is 23.4 Å². The molecule has 2 aromatic heterocycles. The maximum Gasteiger partial charge on any atom is 0.223 e. The molecule has 0 bridgehead atoms. The molecule has 1 fully saturated rings. The lowest BCUT2D eigenvalue weighted by Crippen LogP contribution is -2.32. The van der Waals surface area contributed by atoms with Crippen LogP contribution in [-0.4, -0.2) is 33.1 Å². The van der Waals surface area contributed by atoms with Gasteiger partial charge in [-0.2, -0.15) is 4.98 Å². The van der Waals surface area contributed by atoms with Crippen LogP contribution in [0.5, 0.6) is 5.75 Å². The summed E-state index contributed by atoms with van der Waals surface area (Å²) in [7, 11) is 0. The molecule has 0 radical (unpaired) electrons. The monoisotopic (exact) mass is 364 g/mol. The molecule has 4 rings (SSSR count). The van der Waals surface area contributed by atoms with Gasteiger partial charge in [0, 0.05) is 25.6 Å². The van der Waals surface area contributed by atoms with Crippen molar-refractivity contribution in [1.82, 2.24) is 20.0 Å². The number of ether oxygens (including phenoxy) is 1. The molecule has 0 N–H and O–H groups in total. The highest BCUT2D eigenvalue weighted by Gasteiger charge is 2.24. The van der Waals surface area contributed by atoms with Crippen molar-refractivity contribution < 1.29 is 9.26 Å². The molecule has 6 nitrogen and oxygen atoms in total. The predicted molar refractivity (Wildman–Crippen MR) is 101 cm³/mol. The molecule has 27 heavy (non-hydrogen) atoms. The van der Waals surface area contributed by atoms with Crippen molar-refractivity contribution in [3.63, 3.8) is 0 Å². The fourth-order valence-corrected chi connectivity index (χ4v) is 3.46. The van der Waals surface area contributed by atoms with Crippen molar-refractivity contribution in [2.45, 2.75) is 38.8 Å². The molecular formula is C21H24N4O2. The Balaban J connectivity index is 1.30. The van der Waals surface area contributed by atoms with Crippen LogP contribution in [0.3, 0.4) is 0 Å². The van der Waals surface area contributed by atoms with E-state index in [1.165, 1.54) is 5.56 Å². The first-order valence-electron chi connectivity index (χ1n) is 9.40. The van der Waals surface area contributed by atoms with Gasteiger partial charge in [-0.3, -0.25) is 9.88 Å². The van der Waals surface area contributed by atoms with Crippen molar-refractivity contribution >= 4 is 0 Å². The topological polar surface area (TPSA) is 64.3 Å². The van der Waals surface area contributed by atoms with E-state index in [-0.39, 0.29) is 0 Å². The van der Waals surface area contributed by atoms with Gasteiger partial charge in [0.05, 0.1) is 5.69 Å². The fraction of sp³-hybridized carbons (Fsp3) is 0.381. The molecule has 3 heterocycles. The van der Waals surface area contributed by atoms with E-state index >= 15 is 0 Å². The molecule has 3 aromatic rings. The van der Waals surface area contributed by atoms with Gasteiger partial charge >= 0.3 is 0 Å². The van der Waals surface area contributed by atoms with Gasteiger partial charge in [0.15, 0.2) is 5.82 Å².